The number of hydrogen-bond acceptors (Lipinski definition) is 0. The molecule has 2 heteroatoms. The zero-order chi connectivity index (χ0) is 21.1. The first kappa shape index (κ1) is 21.3. The van der Waals surface area contributed by atoms with E-state index in [0.717, 1.165) is 42.6 Å². The van der Waals surface area contributed by atoms with Gasteiger partial charge in [0.2, 0.25) is 0 Å². The second-order valence-electron chi connectivity index (χ2n) is 9.53. The standard InChI is InChI=1S/C28H34F2/c1-3-4-23-13-14-25(18-27(23)29)26-16-15-24(17-28(26)30)22-11-9-21(10-12-22)20-7-5-19(2)6-8-20/h11,13-21H,3-10,12H2,1-2H3. The SMILES string of the molecule is CCCc1ccc(-c2ccc(C3=CCC(C4CCC(C)CC4)CC3)cc2F)cc1F. The third-order valence-corrected chi connectivity index (χ3v) is 7.40. The van der Waals surface area contributed by atoms with Crippen molar-refractivity contribution >= 4 is 5.57 Å². The molecule has 0 radical (unpaired) electrons. The molecule has 1 fully saturated rings. The van der Waals surface area contributed by atoms with Gasteiger partial charge in [0.05, 0.1) is 0 Å². The molecule has 2 aromatic carbocycles. The molecule has 2 aromatic rings. The van der Waals surface area contributed by atoms with Crippen molar-refractivity contribution < 1.29 is 8.78 Å². The Hall–Kier alpha value is -1.96. The lowest BCUT2D eigenvalue weighted by Gasteiger charge is -2.34. The summed E-state index contributed by atoms with van der Waals surface area (Å²) in [6.45, 7) is 4.41. The molecule has 0 N–H and O–H groups in total. The summed E-state index contributed by atoms with van der Waals surface area (Å²) in [7, 11) is 0. The molecular formula is C28H34F2. The van der Waals surface area contributed by atoms with E-state index in [1.807, 2.05) is 25.1 Å². The third kappa shape index (κ3) is 4.68. The summed E-state index contributed by atoms with van der Waals surface area (Å²) in [6, 6.07) is 10.6. The number of allylic oxidation sites excluding steroid dienone is 2. The molecule has 0 heterocycles. The van der Waals surface area contributed by atoms with Crippen molar-refractivity contribution in [2.45, 2.75) is 71.6 Å². The highest BCUT2D eigenvalue weighted by Crippen LogP contribution is 2.41. The van der Waals surface area contributed by atoms with Gasteiger partial charge >= 0.3 is 0 Å². The molecule has 0 spiro atoms. The van der Waals surface area contributed by atoms with Gasteiger partial charge in [0.25, 0.3) is 0 Å². The maximum atomic E-state index is 14.9. The quantitative estimate of drug-likeness (QED) is 0.464. The minimum Gasteiger partial charge on any atom is -0.207 e. The molecule has 30 heavy (non-hydrogen) atoms. The van der Waals surface area contributed by atoms with Crippen LogP contribution in [0.1, 0.15) is 76.3 Å². The molecule has 1 saturated carbocycles. The maximum absolute atomic E-state index is 14.9. The normalized spacial score (nSPS) is 24.5. The molecule has 0 bridgehead atoms. The molecule has 1 atom stereocenters. The molecule has 2 aliphatic rings. The predicted molar refractivity (Wildman–Crippen MR) is 122 cm³/mol. The predicted octanol–water partition coefficient (Wildman–Crippen LogP) is 8.59. The number of halogens is 2. The first-order valence-corrected chi connectivity index (χ1v) is 11.8. The Morgan fingerprint density at radius 1 is 0.833 bits per heavy atom. The summed E-state index contributed by atoms with van der Waals surface area (Å²) in [4.78, 5) is 0. The molecule has 0 saturated heterocycles. The van der Waals surface area contributed by atoms with Gasteiger partial charge in [-0.15, -0.1) is 0 Å². The van der Waals surface area contributed by atoms with E-state index in [9.17, 15) is 8.78 Å². The zero-order valence-corrected chi connectivity index (χ0v) is 18.4. The van der Waals surface area contributed by atoms with E-state index in [1.165, 1.54) is 43.7 Å². The van der Waals surface area contributed by atoms with Crippen LogP contribution in [0.3, 0.4) is 0 Å². The van der Waals surface area contributed by atoms with Crippen LogP contribution in [-0.4, -0.2) is 0 Å². The summed E-state index contributed by atoms with van der Waals surface area (Å²) >= 11 is 0. The summed E-state index contributed by atoms with van der Waals surface area (Å²) < 4.78 is 29.2. The van der Waals surface area contributed by atoms with Gasteiger partial charge in [-0.05, 0) is 90.7 Å². The molecule has 0 aromatic heterocycles. The Kier molecular flexibility index (Phi) is 6.71. The van der Waals surface area contributed by atoms with Gasteiger partial charge in [-0.2, -0.15) is 0 Å². The van der Waals surface area contributed by atoms with Crippen LogP contribution >= 0.6 is 0 Å². The lowest BCUT2D eigenvalue weighted by molar-refractivity contribution is 0.202. The zero-order valence-electron chi connectivity index (χ0n) is 18.4. The van der Waals surface area contributed by atoms with Crippen molar-refractivity contribution in [3.05, 3.63) is 65.2 Å². The van der Waals surface area contributed by atoms with E-state index >= 15 is 0 Å². The van der Waals surface area contributed by atoms with E-state index in [-0.39, 0.29) is 11.6 Å². The van der Waals surface area contributed by atoms with Crippen molar-refractivity contribution in [2.75, 3.05) is 0 Å². The van der Waals surface area contributed by atoms with Gasteiger partial charge < -0.3 is 0 Å². The smallest absolute Gasteiger partial charge is 0.131 e. The van der Waals surface area contributed by atoms with E-state index in [0.29, 0.717) is 23.1 Å². The Bertz CT molecular complexity index is 903. The highest BCUT2D eigenvalue weighted by Gasteiger charge is 2.27. The topological polar surface area (TPSA) is 0 Å². The molecule has 160 valence electrons. The highest BCUT2D eigenvalue weighted by atomic mass is 19.1. The second-order valence-corrected chi connectivity index (χ2v) is 9.53. The van der Waals surface area contributed by atoms with E-state index < -0.39 is 0 Å². The van der Waals surface area contributed by atoms with E-state index in [1.54, 1.807) is 12.1 Å². The van der Waals surface area contributed by atoms with Crippen molar-refractivity contribution in [1.82, 2.24) is 0 Å². The number of aryl methyl sites for hydroxylation is 1. The Balaban J connectivity index is 1.46. The fourth-order valence-electron chi connectivity index (χ4n) is 5.44. The number of benzene rings is 2. The number of hydrogen-bond donors (Lipinski definition) is 0. The molecule has 0 nitrogen and oxygen atoms in total. The van der Waals surface area contributed by atoms with Crippen LogP contribution in [-0.2, 0) is 6.42 Å². The Morgan fingerprint density at radius 2 is 1.57 bits per heavy atom. The van der Waals surface area contributed by atoms with Crippen molar-refractivity contribution in [1.29, 1.82) is 0 Å². The Labute approximate surface area is 180 Å². The minimum absolute atomic E-state index is 0.240. The first-order valence-electron chi connectivity index (χ1n) is 11.8. The van der Waals surface area contributed by atoms with Crippen LogP contribution in [0, 0.1) is 29.4 Å². The largest absolute Gasteiger partial charge is 0.207 e. The Morgan fingerprint density at radius 3 is 2.20 bits per heavy atom. The average molecular weight is 409 g/mol. The summed E-state index contributed by atoms with van der Waals surface area (Å²) in [5.74, 6) is 2.07. The monoisotopic (exact) mass is 408 g/mol. The first-order chi connectivity index (χ1) is 14.5. The van der Waals surface area contributed by atoms with Crippen LogP contribution < -0.4 is 0 Å². The lowest BCUT2D eigenvalue weighted by Crippen LogP contribution is -2.22. The summed E-state index contributed by atoms with van der Waals surface area (Å²) in [5, 5.41) is 0. The fraction of sp³-hybridized carbons (Fsp3) is 0.500. The van der Waals surface area contributed by atoms with Gasteiger partial charge in [0.15, 0.2) is 0 Å². The molecule has 0 amide bonds. The minimum atomic E-state index is -0.264. The van der Waals surface area contributed by atoms with Crippen molar-refractivity contribution in [3.63, 3.8) is 0 Å². The van der Waals surface area contributed by atoms with Crippen LogP contribution in [0.4, 0.5) is 8.78 Å². The van der Waals surface area contributed by atoms with Gasteiger partial charge in [0.1, 0.15) is 11.6 Å². The lowest BCUT2D eigenvalue weighted by atomic mass is 9.71. The molecule has 1 unspecified atom stereocenters. The maximum Gasteiger partial charge on any atom is 0.131 e. The molecule has 2 aliphatic carbocycles. The van der Waals surface area contributed by atoms with Crippen molar-refractivity contribution in [3.8, 4) is 11.1 Å². The van der Waals surface area contributed by atoms with Gasteiger partial charge in [-0.25, -0.2) is 8.78 Å². The van der Waals surface area contributed by atoms with Gasteiger partial charge in [-0.3, -0.25) is 0 Å². The number of rotatable bonds is 5. The van der Waals surface area contributed by atoms with Crippen LogP contribution in [0.5, 0.6) is 0 Å². The van der Waals surface area contributed by atoms with Gasteiger partial charge in [0, 0.05) is 5.56 Å². The summed E-state index contributed by atoms with van der Waals surface area (Å²) in [5.41, 5.74) is 4.04. The highest BCUT2D eigenvalue weighted by molar-refractivity contribution is 5.71. The molecular weight excluding hydrogens is 374 g/mol. The van der Waals surface area contributed by atoms with Crippen molar-refractivity contribution in [2.24, 2.45) is 17.8 Å². The third-order valence-electron chi connectivity index (χ3n) is 7.40. The van der Waals surface area contributed by atoms with E-state index in [4.69, 9.17) is 0 Å². The second kappa shape index (κ2) is 9.45. The van der Waals surface area contributed by atoms with Crippen LogP contribution in [0.15, 0.2) is 42.5 Å². The average Bonchev–Trinajstić information content (AvgIpc) is 2.76. The van der Waals surface area contributed by atoms with Crippen LogP contribution in [0.25, 0.3) is 16.7 Å². The summed E-state index contributed by atoms with van der Waals surface area (Å²) in [6.07, 6.45) is 12.9. The van der Waals surface area contributed by atoms with Gasteiger partial charge in [-0.1, -0.05) is 63.5 Å². The van der Waals surface area contributed by atoms with Crippen LogP contribution in [0.2, 0.25) is 0 Å². The molecule has 0 aliphatic heterocycles. The fourth-order valence-corrected chi connectivity index (χ4v) is 5.44. The van der Waals surface area contributed by atoms with E-state index in [2.05, 4.69) is 13.0 Å². The molecule has 4 rings (SSSR count).